The molecular formula is C86H117BN8O13. The predicted octanol–water partition coefficient (Wildman–Crippen LogP) is 11.3. The molecule has 582 valence electrons. The number of hydrogen-bond acceptors (Lipinski definition) is 15. The number of ketones is 2. The lowest BCUT2D eigenvalue weighted by Crippen LogP contribution is -2.61. The van der Waals surface area contributed by atoms with Crippen molar-refractivity contribution in [2.24, 2.45) is 41.4 Å². The Morgan fingerprint density at radius 1 is 0.583 bits per heavy atom. The number of aliphatic hydroxyl groups is 1. The van der Waals surface area contributed by atoms with Gasteiger partial charge in [-0.25, -0.2) is 4.79 Å². The smallest absolute Gasteiger partial charge is 0.450 e. The summed E-state index contributed by atoms with van der Waals surface area (Å²) in [5.74, 6) is -9.52. The third kappa shape index (κ3) is 20.0. The second-order valence-electron chi connectivity index (χ2n) is 32.9. The zero-order valence-electron chi connectivity index (χ0n) is 67.3. The lowest BCUT2D eigenvalue weighted by atomic mass is 9.79. The van der Waals surface area contributed by atoms with Gasteiger partial charge in [0.05, 0.1) is 39.9 Å². The van der Waals surface area contributed by atoms with Gasteiger partial charge in [0.1, 0.15) is 18.1 Å². The fraction of sp³-hybridized carbons (Fsp3) is 0.547. The highest BCUT2D eigenvalue weighted by molar-refractivity contribution is 6.62. The molecule has 3 unspecified atom stereocenters. The highest BCUT2D eigenvalue weighted by atomic mass is 16.7. The van der Waals surface area contributed by atoms with E-state index in [1.54, 1.807) is 40.2 Å². The maximum atomic E-state index is 15.8. The molecular weight excluding hydrogens is 1360 g/mol. The summed E-state index contributed by atoms with van der Waals surface area (Å²) in [6.07, 6.45) is 3.26. The van der Waals surface area contributed by atoms with Gasteiger partial charge in [0.2, 0.25) is 29.5 Å². The molecule has 0 spiro atoms. The van der Waals surface area contributed by atoms with Crippen LogP contribution < -0.4 is 10.8 Å². The van der Waals surface area contributed by atoms with Crippen molar-refractivity contribution in [3.63, 3.8) is 0 Å². The van der Waals surface area contributed by atoms with E-state index in [-0.39, 0.29) is 74.6 Å². The number of fused-ring (bicyclic) bond motifs is 3. The number of ether oxygens (including phenoxy) is 1. The molecule has 21 nitrogen and oxygen atoms in total. The second-order valence-corrected chi connectivity index (χ2v) is 32.9. The van der Waals surface area contributed by atoms with Crippen molar-refractivity contribution in [1.82, 2.24) is 39.8 Å². The van der Waals surface area contributed by atoms with E-state index < -0.39 is 125 Å². The van der Waals surface area contributed by atoms with E-state index in [1.807, 2.05) is 152 Å². The number of esters is 1. The van der Waals surface area contributed by atoms with Gasteiger partial charge in [-0.05, 0) is 143 Å². The molecule has 22 heteroatoms. The van der Waals surface area contributed by atoms with Crippen LogP contribution in [0.25, 0.3) is 32.9 Å². The third-order valence-electron chi connectivity index (χ3n) is 22.6. The first-order valence-corrected chi connectivity index (χ1v) is 38.6. The highest BCUT2D eigenvalue weighted by Crippen LogP contribution is 2.38. The molecule has 0 radical (unpaired) electrons. The minimum Gasteiger partial charge on any atom is -0.450 e. The summed E-state index contributed by atoms with van der Waals surface area (Å²) in [4.78, 5) is 152. The average molecular weight is 1480 g/mol. The SMILES string of the molecule is CC1(C)OB(c2ccc3cccnc3c2)OC1(C)C.CCC(C)[C@@H]1CC(=O)[C@@H]2CCCN2C(=O)[C@H](Cc2cccc(-c3ccc4cccnc4c3)c2)N(C)C(=O)[C@H](Cc2ccccc2)NC(=O)[C@H](C(C)C)N(C)C(=O)[C@@H](C(C)CC)OC(=O)[C@H](C(C)(C)O)N(C)C(=O)C(CC(C)C)CC(=O)[C@H](C(C)C)N(C)C1=O. The highest BCUT2D eigenvalue weighted by Gasteiger charge is 2.53. The van der Waals surface area contributed by atoms with Gasteiger partial charge in [0.25, 0.3) is 5.91 Å². The lowest BCUT2D eigenvalue weighted by molar-refractivity contribution is -0.178. The molecule has 4 aromatic carbocycles. The van der Waals surface area contributed by atoms with Crippen molar-refractivity contribution in [3.8, 4) is 11.1 Å². The molecule has 6 amide bonds. The largest absolute Gasteiger partial charge is 0.494 e. The standard InChI is InChI=1S/C71H99N7O11.C15H18BNO2/c1-17-45(9)53-41-58(79)56-30-24-34-78(56)68(85)57(38-48-27-22-28-50(36-48)51-32-31-49-29-23-33-72-54(49)39-51)74(13)67(84)55(37-47-25-20-19-21-26-47)73-64(81)61(44(7)8)76(15)69(86)62(46(10)18-2)89-70(87)63(71(11,12)88)77(16)65(82)52(35-42(3)4)40-59(80)60(43(5)6)75(14)66(53)83;1-14(2)15(3,4)19-16(18-14)12-8-7-11-6-5-9-17-13(11)10-12/h19-23,25-29,31-33,36,39,42-46,52-53,55-57,60-63,88H,17-18,24,30,34-35,37-38,40-41H2,1-16H3,(H,73,81);5-10H,1-4H3/t45?,46?,52?,53-,55-,56-,57-,60-,61-,62+,63+;/m0./s1. The maximum absolute atomic E-state index is 15.8. The van der Waals surface area contributed by atoms with Crippen LogP contribution in [-0.4, -0.2) is 194 Å². The zero-order chi connectivity index (χ0) is 79.6. The van der Waals surface area contributed by atoms with Gasteiger partial charge >= 0.3 is 13.1 Å². The van der Waals surface area contributed by atoms with E-state index in [0.717, 1.165) is 43.3 Å². The number of rotatable bonds is 15. The number of aromatic nitrogens is 2. The number of nitrogens with zero attached hydrogens (tertiary/aromatic N) is 7. The van der Waals surface area contributed by atoms with E-state index in [1.165, 1.54) is 54.6 Å². The van der Waals surface area contributed by atoms with Gasteiger partial charge in [0, 0.05) is 101 Å². The molecule has 108 heavy (non-hydrogen) atoms. The van der Waals surface area contributed by atoms with E-state index in [9.17, 15) is 19.5 Å². The van der Waals surface area contributed by atoms with Crippen LogP contribution in [0.5, 0.6) is 0 Å². The number of benzene rings is 4. The Hall–Kier alpha value is -8.73. The number of amides is 6. The van der Waals surface area contributed by atoms with Crippen molar-refractivity contribution in [2.75, 3.05) is 34.7 Å². The van der Waals surface area contributed by atoms with Crippen molar-refractivity contribution >= 4 is 87.4 Å². The Morgan fingerprint density at radius 3 is 1.74 bits per heavy atom. The Morgan fingerprint density at radius 2 is 1.16 bits per heavy atom. The molecule has 2 N–H and O–H groups in total. The Bertz CT molecular complexity index is 4160. The normalized spacial score (nSPS) is 24.3. The number of carbonyl (C=O) groups excluding carboxylic acids is 9. The van der Waals surface area contributed by atoms with Crippen molar-refractivity contribution in [1.29, 1.82) is 0 Å². The molecule has 5 heterocycles. The molecule has 2 aromatic heterocycles. The van der Waals surface area contributed by atoms with Gasteiger partial charge in [-0.1, -0.05) is 167 Å². The van der Waals surface area contributed by atoms with Gasteiger partial charge in [-0.3, -0.25) is 48.3 Å². The van der Waals surface area contributed by atoms with Gasteiger partial charge in [0.15, 0.2) is 23.7 Å². The van der Waals surface area contributed by atoms with Crippen LogP contribution in [0.15, 0.2) is 128 Å². The van der Waals surface area contributed by atoms with Crippen LogP contribution in [0, 0.1) is 41.4 Å². The third-order valence-corrected chi connectivity index (χ3v) is 22.6. The molecule has 3 fully saturated rings. The quantitative estimate of drug-likeness (QED) is 0.0716. The Kier molecular flexibility index (Phi) is 28.5. The number of hydrogen-bond donors (Lipinski definition) is 2. The molecule has 0 bridgehead atoms. The Labute approximate surface area is 640 Å². The molecule has 0 saturated carbocycles. The van der Waals surface area contributed by atoms with Crippen LogP contribution in [0.4, 0.5) is 0 Å². The van der Waals surface area contributed by atoms with Gasteiger partial charge in [-0.15, -0.1) is 0 Å². The number of pyridine rings is 2. The molecule has 11 atom stereocenters. The first-order valence-electron chi connectivity index (χ1n) is 38.6. The minimum atomic E-state index is -1.95. The Balaban J connectivity index is 0.000000662. The average Bonchev–Trinajstić information content (AvgIpc) is 1.62. The number of cyclic esters (lactones) is 1. The maximum Gasteiger partial charge on any atom is 0.494 e. The summed E-state index contributed by atoms with van der Waals surface area (Å²) in [7, 11) is 5.53. The summed E-state index contributed by atoms with van der Waals surface area (Å²) >= 11 is 0. The summed E-state index contributed by atoms with van der Waals surface area (Å²) < 4.78 is 18.3. The zero-order valence-corrected chi connectivity index (χ0v) is 67.3. The van der Waals surface area contributed by atoms with Gasteiger partial charge in [-0.2, -0.15) is 0 Å². The lowest BCUT2D eigenvalue weighted by Gasteiger charge is -2.39. The molecule has 9 rings (SSSR count). The summed E-state index contributed by atoms with van der Waals surface area (Å²) in [5, 5.41) is 16.9. The molecule has 3 aliphatic rings. The van der Waals surface area contributed by atoms with E-state index >= 15 is 28.8 Å². The molecule has 3 aliphatic heterocycles. The van der Waals surface area contributed by atoms with Crippen LogP contribution in [-0.2, 0) is 70.0 Å². The van der Waals surface area contributed by atoms with Crippen LogP contribution in [0.3, 0.4) is 0 Å². The number of Topliss-reactive ketones (excluding diaryl/α,β-unsaturated/α-hetero) is 2. The van der Waals surface area contributed by atoms with Crippen molar-refractivity contribution in [3.05, 3.63) is 139 Å². The predicted molar refractivity (Wildman–Crippen MR) is 422 cm³/mol. The molecule has 0 aliphatic carbocycles. The number of likely N-dealkylation sites (N-methyl/N-ethyl adjacent to an activating group) is 4. The van der Waals surface area contributed by atoms with E-state index in [2.05, 4.69) is 55.1 Å². The fourth-order valence-corrected chi connectivity index (χ4v) is 15.4. The van der Waals surface area contributed by atoms with Crippen LogP contribution >= 0.6 is 0 Å². The van der Waals surface area contributed by atoms with Crippen LogP contribution in [0.1, 0.15) is 167 Å². The summed E-state index contributed by atoms with van der Waals surface area (Å²) in [5.41, 5.74) is 3.34. The number of nitrogens with one attached hydrogen (secondary N) is 1. The molecule has 6 aromatic rings. The fourth-order valence-electron chi connectivity index (χ4n) is 15.4. The second kappa shape index (κ2) is 36.2. The van der Waals surface area contributed by atoms with Crippen molar-refractivity contribution < 1.29 is 62.3 Å². The topological polar surface area (TPSA) is 256 Å². The van der Waals surface area contributed by atoms with Gasteiger partial charge < -0.3 is 49.0 Å². The van der Waals surface area contributed by atoms with Crippen molar-refractivity contribution in [2.45, 2.75) is 228 Å². The monoisotopic (exact) mass is 1480 g/mol. The van der Waals surface area contributed by atoms with Crippen LogP contribution in [0.2, 0.25) is 0 Å². The minimum absolute atomic E-state index is 0.00284. The molecule has 3 saturated heterocycles. The van der Waals surface area contributed by atoms with E-state index in [4.69, 9.17) is 14.0 Å². The first-order chi connectivity index (χ1) is 50.8. The first kappa shape index (κ1) is 84.9. The number of carbonyl (C=O) groups is 9. The summed E-state index contributed by atoms with van der Waals surface area (Å²) in [6.45, 7) is 29.4. The van der Waals surface area contributed by atoms with E-state index in [0.29, 0.717) is 36.8 Å². The summed E-state index contributed by atoms with van der Waals surface area (Å²) in [6, 6.07) is 29.3.